The summed E-state index contributed by atoms with van der Waals surface area (Å²) in [5.74, 6) is 6.60. The van der Waals surface area contributed by atoms with Gasteiger partial charge in [0.1, 0.15) is 0 Å². The van der Waals surface area contributed by atoms with E-state index in [1.807, 2.05) is 12.1 Å². The molecule has 2 N–H and O–H groups in total. The fraction of sp³-hybridized carbons (Fsp3) is 0.500. The van der Waals surface area contributed by atoms with Gasteiger partial charge in [-0.3, -0.25) is 0 Å². The van der Waals surface area contributed by atoms with Gasteiger partial charge in [0.15, 0.2) is 11.5 Å². The second-order valence-corrected chi connectivity index (χ2v) is 3.41. The quantitative estimate of drug-likeness (QED) is 0.749. The van der Waals surface area contributed by atoms with Crippen LogP contribution in [0.15, 0.2) is 12.1 Å². The molecule has 0 bridgehead atoms. The van der Waals surface area contributed by atoms with Gasteiger partial charge in [-0.25, -0.2) is 5.90 Å². The van der Waals surface area contributed by atoms with Crippen LogP contribution in [0.5, 0.6) is 11.5 Å². The molecule has 90 valence electrons. The molecule has 4 nitrogen and oxygen atoms in total. The summed E-state index contributed by atoms with van der Waals surface area (Å²) in [5, 5.41) is 0. The number of hydrogen-bond acceptors (Lipinski definition) is 4. The lowest BCUT2D eigenvalue weighted by atomic mass is 10.0. The van der Waals surface area contributed by atoms with Crippen LogP contribution in [0.2, 0.25) is 0 Å². The minimum Gasteiger partial charge on any atom is -0.493 e. The molecular formula is C12H19NO3. The lowest BCUT2D eigenvalue weighted by molar-refractivity contribution is 0.141. The van der Waals surface area contributed by atoms with Crippen LogP contribution >= 0.6 is 0 Å². The van der Waals surface area contributed by atoms with Crippen LogP contribution in [-0.2, 0) is 17.7 Å². The smallest absolute Gasteiger partial charge is 0.164 e. The molecule has 0 saturated carbocycles. The maximum absolute atomic E-state index is 5.38. The van der Waals surface area contributed by atoms with E-state index >= 15 is 0 Å². The molecule has 0 atom stereocenters. The molecule has 0 spiro atoms. The fourth-order valence-electron chi connectivity index (χ4n) is 1.82. The summed E-state index contributed by atoms with van der Waals surface area (Å²) in [5.41, 5.74) is 2.34. The minimum absolute atomic E-state index is 0.502. The van der Waals surface area contributed by atoms with Gasteiger partial charge in [-0.2, -0.15) is 0 Å². The Bertz CT molecular complexity index is 339. The van der Waals surface area contributed by atoms with E-state index in [1.54, 1.807) is 14.2 Å². The van der Waals surface area contributed by atoms with Gasteiger partial charge in [-0.15, -0.1) is 0 Å². The zero-order chi connectivity index (χ0) is 12.0. The molecule has 0 aliphatic carbocycles. The van der Waals surface area contributed by atoms with Gasteiger partial charge >= 0.3 is 0 Å². The van der Waals surface area contributed by atoms with Crippen molar-refractivity contribution in [2.45, 2.75) is 19.8 Å². The topological polar surface area (TPSA) is 53.7 Å². The monoisotopic (exact) mass is 225 g/mol. The third kappa shape index (κ3) is 2.65. The summed E-state index contributed by atoms with van der Waals surface area (Å²) >= 11 is 0. The van der Waals surface area contributed by atoms with E-state index in [4.69, 9.17) is 15.4 Å². The Labute approximate surface area is 96.3 Å². The number of benzene rings is 1. The van der Waals surface area contributed by atoms with Crippen LogP contribution in [0.1, 0.15) is 18.1 Å². The third-order valence-corrected chi connectivity index (χ3v) is 2.59. The van der Waals surface area contributed by atoms with Gasteiger partial charge in [-0.05, 0) is 24.5 Å². The van der Waals surface area contributed by atoms with Crippen molar-refractivity contribution in [1.82, 2.24) is 0 Å². The lowest BCUT2D eigenvalue weighted by Gasteiger charge is -2.15. The molecule has 0 radical (unpaired) electrons. The molecule has 1 rings (SSSR count). The van der Waals surface area contributed by atoms with Crippen molar-refractivity contribution in [2.75, 3.05) is 20.8 Å². The average Bonchev–Trinajstić information content (AvgIpc) is 2.34. The van der Waals surface area contributed by atoms with Gasteiger partial charge in [0.2, 0.25) is 0 Å². The van der Waals surface area contributed by atoms with Crippen molar-refractivity contribution in [3.63, 3.8) is 0 Å². The Hall–Kier alpha value is -1.26. The van der Waals surface area contributed by atoms with E-state index in [0.29, 0.717) is 6.61 Å². The minimum atomic E-state index is 0.502. The zero-order valence-corrected chi connectivity index (χ0v) is 10.1. The molecule has 0 aliphatic rings. The van der Waals surface area contributed by atoms with Gasteiger partial charge in [0, 0.05) is 5.56 Å². The molecule has 0 unspecified atom stereocenters. The molecule has 0 aromatic heterocycles. The van der Waals surface area contributed by atoms with Crippen LogP contribution in [0.3, 0.4) is 0 Å². The van der Waals surface area contributed by atoms with E-state index in [-0.39, 0.29) is 0 Å². The fourth-order valence-corrected chi connectivity index (χ4v) is 1.82. The van der Waals surface area contributed by atoms with E-state index < -0.39 is 0 Å². The van der Waals surface area contributed by atoms with Crippen LogP contribution in [0.4, 0.5) is 0 Å². The first-order valence-corrected chi connectivity index (χ1v) is 5.32. The maximum Gasteiger partial charge on any atom is 0.164 e. The van der Waals surface area contributed by atoms with E-state index in [0.717, 1.165) is 29.9 Å². The standard InChI is InChI=1S/C12H19NO3/c1-4-10-9(7-8-16-13)5-6-11(14-2)12(10)15-3/h5-6H,4,7-8,13H2,1-3H3. The summed E-state index contributed by atoms with van der Waals surface area (Å²) < 4.78 is 10.6. The van der Waals surface area contributed by atoms with Crippen molar-refractivity contribution in [3.05, 3.63) is 23.3 Å². The molecule has 0 saturated heterocycles. The van der Waals surface area contributed by atoms with Crippen LogP contribution in [0.25, 0.3) is 0 Å². The molecule has 16 heavy (non-hydrogen) atoms. The highest BCUT2D eigenvalue weighted by molar-refractivity contribution is 5.50. The van der Waals surface area contributed by atoms with Crippen LogP contribution in [0, 0.1) is 0 Å². The number of hydrogen-bond donors (Lipinski definition) is 1. The second-order valence-electron chi connectivity index (χ2n) is 3.41. The van der Waals surface area contributed by atoms with E-state index in [1.165, 1.54) is 5.56 Å². The molecular weight excluding hydrogens is 206 g/mol. The molecule has 4 heteroatoms. The lowest BCUT2D eigenvalue weighted by Crippen LogP contribution is -2.07. The molecule has 1 aromatic rings. The predicted octanol–water partition coefficient (Wildman–Crippen LogP) is 1.70. The van der Waals surface area contributed by atoms with Crippen LogP contribution < -0.4 is 15.4 Å². The average molecular weight is 225 g/mol. The molecule has 1 aromatic carbocycles. The molecule has 0 aliphatic heterocycles. The maximum atomic E-state index is 5.38. The van der Waals surface area contributed by atoms with Crippen LogP contribution in [-0.4, -0.2) is 20.8 Å². The molecule has 0 amide bonds. The molecule has 0 fully saturated rings. The third-order valence-electron chi connectivity index (χ3n) is 2.59. The van der Waals surface area contributed by atoms with E-state index in [9.17, 15) is 0 Å². The first-order valence-electron chi connectivity index (χ1n) is 5.32. The van der Waals surface area contributed by atoms with Crippen molar-refractivity contribution in [1.29, 1.82) is 0 Å². The SMILES string of the molecule is CCc1c(CCON)ccc(OC)c1OC. The number of rotatable bonds is 6. The van der Waals surface area contributed by atoms with Gasteiger partial charge in [0.05, 0.1) is 20.8 Å². The Morgan fingerprint density at radius 2 is 1.94 bits per heavy atom. The van der Waals surface area contributed by atoms with E-state index in [2.05, 4.69) is 11.8 Å². The second kappa shape index (κ2) is 6.35. The first kappa shape index (κ1) is 12.8. The highest BCUT2D eigenvalue weighted by Crippen LogP contribution is 2.33. The predicted molar refractivity (Wildman–Crippen MR) is 62.8 cm³/mol. The van der Waals surface area contributed by atoms with Crippen molar-refractivity contribution in [3.8, 4) is 11.5 Å². The molecule has 0 heterocycles. The van der Waals surface area contributed by atoms with Gasteiger partial charge in [0.25, 0.3) is 0 Å². The Kier molecular flexibility index (Phi) is 5.08. The number of ether oxygens (including phenoxy) is 2. The summed E-state index contributed by atoms with van der Waals surface area (Å²) in [4.78, 5) is 4.60. The summed E-state index contributed by atoms with van der Waals surface area (Å²) in [6.45, 7) is 2.59. The Balaban J connectivity index is 3.10. The van der Waals surface area contributed by atoms with Crippen molar-refractivity contribution < 1.29 is 14.3 Å². The number of methoxy groups -OCH3 is 2. The highest BCUT2D eigenvalue weighted by atomic mass is 16.6. The van der Waals surface area contributed by atoms with Crippen molar-refractivity contribution >= 4 is 0 Å². The Morgan fingerprint density at radius 3 is 2.44 bits per heavy atom. The first-order chi connectivity index (χ1) is 7.78. The summed E-state index contributed by atoms with van der Waals surface area (Å²) in [6.07, 6.45) is 1.67. The Morgan fingerprint density at radius 1 is 1.19 bits per heavy atom. The van der Waals surface area contributed by atoms with Gasteiger partial charge < -0.3 is 14.3 Å². The van der Waals surface area contributed by atoms with Crippen molar-refractivity contribution in [2.24, 2.45) is 5.90 Å². The van der Waals surface area contributed by atoms with Gasteiger partial charge in [-0.1, -0.05) is 13.0 Å². The normalized spacial score (nSPS) is 10.2. The largest absolute Gasteiger partial charge is 0.493 e. The summed E-state index contributed by atoms with van der Waals surface area (Å²) in [6, 6.07) is 3.93. The summed E-state index contributed by atoms with van der Waals surface area (Å²) in [7, 11) is 3.29. The number of nitrogens with two attached hydrogens (primary N) is 1. The highest BCUT2D eigenvalue weighted by Gasteiger charge is 2.12. The zero-order valence-electron chi connectivity index (χ0n) is 10.1.